The number of hydrogen-bond acceptors (Lipinski definition) is 4. The molecule has 170 valence electrons. The number of ether oxygens (including phenoxy) is 1. The summed E-state index contributed by atoms with van der Waals surface area (Å²) in [6, 6.07) is 31.3. The van der Waals surface area contributed by atoms with Gasteiger partial charge < -0.3 is 20.7 Å². The normalized spacial score (nSPS) is 10.3. The molecule has 0 fully saturated rings. The lowest BCUT2D eigenvalue weighted by molar-refractivity contribution is -0.114. The van der Waals surface area contributed by atoms with E-state index in [4.69, 9.17) is 4.74 Å². The number of rotatable bonds is 8. The SMILES string of the molecule is Cc1cccc(C(=O)Nc2ccc(NCC(=O)Nc3ccc(Oc4ccccc4)cc3)cc2)c1. The van der Waals surface area contributed by atoms with Crippen LogP contribution in [-0.2, 0) is 4.79 Å². The molecule has 0 unspecified atom stereocenters. The van der Waals surface area contributed by atoms with Crippen molar-refractivity contribution in [3.8, 4) is 11.5 Å². The van der Waals surface area contributed by atoms with E-state index >= 15 is 0 Å². The maximum Gasteiger partial charge on any atom is 0.255 e. The van der Waals surface area contributed by atoms with Crippen LogP contribution in [0.25, 0.3) is 0 Å². The fraction of sp³-hybridized carbons (Fsp3) is 0.0714. The molecule has 0 spiro atoms. The van der Waals surface area contributed by atoms with Crippen molar-refractivity contribution in [2.24, 2.45) is 0 Å². The van der Waals surface area contributed by atoms with Crippen molar-refractivity contribution in [2.75, 3.05) is 22.5 Å². The Hall–Kier alpha value is -4.58. The third kappa shape index (κ3) is 6.46. The van der Waals surface area contributed by atoms with Crippen molar-refractivity contribution in [3.63, 3.8) is 0 Å². The Balaban J connectivity index is 1.24. The van der Waals surface area contributed by atoms with Crippen molar-refractivity contribution in [3.05, 3.63) is 114 Å². The van der Waals surface area contributed by atoms with Gasteiger partial charge in [0.2, 0.25) is 5.91 Å². The topological polar surface area (TPSA) is 79.5 Å². The molecule has 0 radical (unpaired) electrons. The van der Waals surface area contributed by atoms with Crippen LogP contribution in [0.5, 0.6) is 11.5 Å². The molecular formula is C28H25N3O3. The van der Waals surface area contributed by atoms with E-state index < -0.39 is 0 Å². The van der Waals surface area contributed by atoms with E-state index in [1.165, 1.54) is 0 Å². The highest BCUT2D eigenvalue weighted by molar-refractivity contribution is 6.04. The van der Waals surface area contributed by atoms with E-state index in [0.717, 1.165) is 17.0 Å². The molecule has 0 aromatic heterocycles. The average molecular weight is 452 g/mol. The Labute approximate surface area is 198 Å². The van der Waals surface area contributed by atoms with Gasteiger partial charge in [0.25, 0.3) is 5.91 Å². The first-order chi connectivity index (χ1) is 16.5. The Kier molecular flexibility index (Phi) is 7.20. The molecule has 4 aromatic rings. The summed E-state index contributed by atoms with van der Waals surface area (Å²) in [5.41, 5.74) is 3.77. The van der Waals surface area contributed by atoms with E-state index in [-0.39, 0.29) is 18.4 Å². The van der Waals surface area contributed by atoms with Crippen LogP contribution in [0, 0.1) is 6.92 Å². The summed E-state index contributed by atoms with van der Waals surface area (Å²) in [4.78, 5) is 24.7. The minimum absolute atomic E-state index is 0.108. The zero-order valence-electron chi connectivity index (χ0n) is 18.7. The molecule has 2 amide bonds. The first-order valence-corrected chi connectivity index (χ1v) is 10.9. The van der Waals surface area contributed by atoms with Gasteiger partial charge in [-0.25, -0.2) is 0 Å². The van der Waals surface area contributed by atoms with E-state index in [2.05, 4.69) is 16.0 Å². The van der Waals surface area contributed by atoms with Gasteiger partial charge in [-0.2, -0.15) is 0 Å². The van der Waals surface area contributed by atoms with E-state index in [9.17, 15) is 9.59 Å². The number of aryl methyl sites for hydroxylation is 1. The number of anilines is 3. The Morgan fingerprint density at radius 2 is 1.29 bits per heavy atom. The number of carbonyl (C=O) groups excluding carboxylic acids is 2. The molecule has 0 aliphatic carbocycles. The number of nitrogens with one attached hydrogen (secondary N) is 3. The summed E-state index contributed by atoms with van der Waals surface area (Å²) in [5, 5.41) is 8.80. The van der Waals surface area contributed by atoms with E-state index in [1.807, 2.05) is 67.6 Å². The number of hydrogen-bond donors (Lipinski definition) is 3. The van der Waals surface area contributed by atoms with Crippen molar-refractivity contribution < 1.29 is 14.3 Å². The molecule has 0 saturated carbocycles. The molecule has 0 bridgehead atoms. The second-order valence-corrected chi connectivity index (χ2v) is 7.74. The molecule has 6 heteroatoms. The second-order valence-electron chi connectivity index (χ2n) is 7.74. The zero-order valence-corrected chi connectivity index (χ0v) is 18.7. The van der Waals surface area contributed by atoms with Gasteiger partial charge in [-0.3, -0.25) is 9.59 Å². The van der Waals surface area contributed by atoms with Crippen LogP contribution in [0.15, 0.2) is 103 Å². The van der Waals surface area contributed by atoms with Gasteiger partial charge in [-0.15, -0.1) is 0 Å². The monoisotopic (exact) mass is 451 g/mol. The van der Waals surface area contributed by atoms with Gasteiger partial charge in [0.15, 0.2) is 0 Å². The number of benzene rings is 4. The average Bonchev–Trinajstić information content (AvgIpc) is 2.85. The van der Waals surface area contributed by atoms with Crippen LogP contribution in [-0.4, -0.2) is 18.4 Å². The van der Waals surface area contributed by atoms with Gasteiger partial charge in [0.1, 0.15) is 11.5 Å². The summed E-state index contributed by atoms with van der Waals surface area (Å²) in [6.45, 7) is 2.06. The predicted molar refractivity (Wildman–Crippen MR) is 136 cm³/mol. The Bertz CT molecular complexity index is 1250. The lowest BCUT2D eigenvalue weighted by atomic mass is 10.1. The van der Waals surface area contributed by atoms with Crippen molar-refractivity contribution in [1.29, 1.82) is 0 Å². The van der Waals surface area contributed by atoms with Crippen molar-refractivity contribution in [1.82, 2.24) is 0 Å². The first kappa shape index (κ1) is 22.6. The summed E-state index contributed by atoms with van der Waals surface area (Å²) in [5.74, 6) is 1.11. The molecular weight excluding hydrogens is 426 g/mol. The van der Waals surface area contributed by atoms with Crippen LogP contribution < -0.4 is 20.7 Å². The smallest absolute Gasteiger partial charge is 0.255 e. The standard InChI is InChI=1S/C28H25N3O3/c1-20-6-5-7-21(18-20)28(33)31-24-12-10-22(11-13-24)29-19-27(32)30-23-14-16-26(17-15-23)34-25-8-3-2-4-9-25/h2-18,29H,19H2,1H3,(H,30,32)(H,31,33). The molecule has 3 N–H and O–H groups in total. The summed E-state index contributed by atoms with van der Waals surface area (Å²) in [7, 11) is 0. The van der Waals surface area contributed by atoms with Crippen LogP contribution >= 0.6 is 0 Å². The fourth-order valence-electron chi connectivity index (χ4n) is 3.28. The van der Waals surface area contributed by atoms with Crippen LogP contribution in [0.1, 0.15) is 15.9 Å². The molecule has 6 nitrogen and oxygen atoms in total. The van der Waals surface area contributed by atoms with Crippen molar-refractivity contribution >= 4 is 28.9 Å². The molecule has 0 aliphatic rings. The molecule has 0 atom stereocenters. The van der Waals surface area contributed by atoms with Gasteiger partial charge in [0, 0.05) is 22.6 Å². The summed E-state index contributed by atoms with van der Waals surface area (Å²) in [6.07, 6.45) is 0. The lowest BCUT2D eigenvalue weighted by Gasteiger charge is -2.10. The van der Waals surface area contributed by atoms with Gasteiger partial charge >= 0.3 is 0 Å². The zero-order chi connectivity index (χ0) is 23.8. The highest BCUT2D eigenvalue weighted by atomic mass is 16.5. The largest absolute Gasteiger partial charge is 0.457 e. The number of para-hydroxylation sites is 1. The first-order valence-electron chi connectivity index (χ1n) is 10.9. The number of amides is 2. The van der Waals surface area contributed by atoms with Gasteiger partial charge in [0.05, 0.1) is 6.54 Å². The lowest BCUT2D eigenvalue weighted by Crippen LogP contribution is -2.21. The molecule has 0 aliphatic heterocycles. The highest BCUT2D eigenvalue weighted by Crippen LogP contribution is 2.22. The Morgan fingerprint density at radius 1 is 0.676 bits per heavy atom. The molecule has 0 heterocycles. The highest BCUT2D eigenvalue weighted by Gasteiger charge is 2.07. The van der Waals surface area contributed by atoms with Crippen LogP contribution in [0.3, 0.4) is 0 Å². The minimum atomic E-state index is -0.173. The Morgan fingerprint density at radius 3 is 2.00 bits per heavy atom. The maximum atomic E-state index is 12.4. The molecule has 34 heavy (non-hydrogen) atoms. The fourth-order valence-corrected chi connectivity index (χ4v) is 3.28. The maximum absolute atomic E-state index is 12.4. The van der Waals surface area contributed by atoms with Gasteiger partial charge in [-0.05, 0) is 79.7 Å². The second kappa shape index (κ2) is 10.8. The summed E-state index contributed by atoms with van der Waals surface area (Å²) < 4.78 is 5.76. The molecule has 0 saturated heterocycles. The van der Waals surface area contributed by atoms with Gasteiger partial charge in [-0.1, -0.05) is 35.9 Å². The van der Waals surface area contributed by atoms with E-state index in [1.54, 1.807) is 42.5 Å². The third-order valence-electron chi connectivity index (χ3n) is 4.99. The van der Waals surface area contributed by atoms with Crippen LogP contribution in [0.4, 0.5) is 17.1 Å². The predicted octanol–water partition coefficient (Wildman–Crippen LogP) is 6.09. The van der Waals surface area contributed by atoms with Crippen LogP contribution in [0.2, 0.25) is 0 Å². The minimum Gasteiger partial charge on any atom is -0.457 e. The molecule has 4 rings (SSSR count). The number of carbonyl (C=O) groups is 2. The third-order valence-corrected chi connectivity index (χ3v) is 4.99. The molecule has 4 aromatic carbocycles. The van der Waals surface area contributed by atoms with E-state index in [0.29, 0.717) is 22.7 Å². The quantitative estimate of drug-likeness (QED) is 0.303. The van der Waals surface area contributed by atoms with Crippen molar-refractivity contribution in [2.45, 2.75) is 6.92 Å². The summed E-state index contributed by atoms with van der Waals surface area (Å²) >= 11 is 0.